The summed E-state index contributed by atoms with van der Waals surface area (Å²) in [5.74, 6) is 0.0898. The molecule has 1 saturated heterocycles. The van der Waals surface area contributed by atoms with Crippen LogP contribution < -0.4 is 0 Å². The van der Waals surface area contributed by atoms with E-state index >= 15 is 0 Å². The predicted molar refractivity (Wildman–Crippen MR) is 113 cm³/mol. The van der Waals surface area contributed by atoms with Crippen molar-refractivity contribution in [2.45, 2.75) is 45.1 Å². The first-order chi connectivity index (χ1) is 13.7. The number of Topliss-reactive ketones (excluding diaryl/α,β-unsaturated/α-hetero) is 1. The number of likely N-dealkylation sites (tertiary alicyclic amines) is 1. The summed E-state index contributed by atoms with van der Waals surface area (Å²) in [5, 5.41) is 1.01. The van der Waals surface area contributed by atoms with Gasteiger partial charge in [0, 0.05) is 24.9 Å². The minimum Gasteiger partial charge on any atom is -0.333 e. The molecular weight excluding hydrogens is 368 g/mol. The molecule has 144 valence electrons. The Kier molecular flexibility index (Phi) is 5.53. The van der Waals surface area contributed by atoms with Crippen LogP contribution in [0.15, 0.2) is 48.5 Å². The molecule has 1 atom stereocenters. The van der Waals surface area contributed by atoms with Gasteiger partial charge in [-0.25, -0.2) is 4.98 Å². The third-order valence-corrected chi connectivity index (χ3v) is 6.56. The summed E-state index contributed by atoms with van der Waals surface area (Å²) in [5.41, 5.74) is 2.89. The van der Waals surface area contributed by atoms with Crippen LogP contribution in [-0.2, 0) is 11.2 Å². The van der Waals surface area contributed by atoms with Crippen molar-refractivity contribution in [1.29, 1.82) is 0 Å². The van der Waals surface area contributed by atoms with Gasteiger partial charge in [0.2, 0.25) is 5.91 Å². The maximum absolute atomic E-state index is 12.8. The van der Waals surface area contributed by atoms with Crippen LogP contribution in [0.4, 0.5) is 0 Å². The average Bonchev–Trinajstić information content (AvgIpc) is 3.38. The Morgan fingerprint density at radius 3 is 2.64 bits per heavy atom. The fourth-order valence-electron chi connectivity index (χ4n) is 3.79. The number of para-hydroxylation sites is 1. The van der Waals surface area contributed by atoms with Gasteiger partial charge in [0.15, 0.2) is 5.78 Å². The van der Waals surface area contributed by atoms with Crippen molar-refractivity contribution >= 4 is 33.2 Å². The standard InChI is InChI=1S/C23H24N2O2S/c1-2-16-9-11-17(12-10-16)20(26)13-14-22(27)25-15-5-7-19(25)23-24-18-6-3-4-8-21(18)28-23/h3-4,6,8-12,19H,2,5,7,13-15H2,1H3. The number of thiazole rings is 1. The molecule has 4 nitrogen and oxygen atoms in total. The molecule has 2 heterocycles. The number of fused-ring (bicyclic) bond motifs is 1. The zero-order valence-corrected chi connectivity index (χ0v) is 16.9. The van der Waals surface area contributed by atoms with E-state index in [2.05, 4.69) is 13.0 Å². The Morgan fingerprint density at radius 1 is 1.11 bits per heavy atom. The molecule has 1 aromatic heterocycles. The lowest BCUT2D eigenvalue weighted by molar-refractivity contribution is -0.132. The number of amides is 1. The number of hydrogen-bond acceptors (Lipinski definition) is 4. The lowest BCUT2D eigenvalue weighted by atomic mass is 10.0. The quantitative estimate of drug-likeness (QED) is 0.543. The maximum atomic E-state index is 12.8. The Morgan fingerprint density at radius 2 is 1.89 bits per heavy atom. The summed E-state index contributed by atoms with van der Waals surface area (Å²) in [7, 11) is 0. The highest BCUT2D eigenvalue weighted by Crippen LogP contribution is 2.36. The van der Waals surface area contributed by atoms with Gasteiger partial charge in [0.1, 0.15) is 5.01 Å². The molecule has 0 spiro atoms. The molecule has 4 rings (SSSR count). The number of carbonyl (C=O) groups excluding carboxylic acids is 2. The molecule has 28 heavy (non-hydrogen) atoms. The van der Waals surface area contributed by atoms with E-state index in [4.69, 9.17) is 4.98 Å². The van der Waals surface area contributed by atoms with Crippen LogP contribution in [0, 0.1) is 0 Å². The third-order valence-electron chi connectivity index (χ3n) is 5.42. The van der Waals surface area contributed by atoms with Crippen LogP contribution in [0.3, 0.4) is 0 Å². The molecule has 1 unspecified atom stereocenters. The molecule has 3 aromatic rings. The minimum absolute atomic E-state index is 0.0340. The van der Waals surface area contributed by atoms with Crippen LogP contribution in [-0.4, -0.2) is 28.1 Å². The van der Waals surface area contributed by atoms with Gasteiger partial charge in [-0.2, -0.15) is 0 Å². The summed E-state index contributed by atoms with van der Waals surface area (Å²) in [4.78, 5) is 31.9. The number of hydrogen-bond donors (Lipinski definition) is 0. The molecule has 0 radical (unpaired) electrons. The number of benzene rings is 2. The Labute approximate surface area is 169 Å². The molecule has 0 bridgehead atoms. The highest BCUT2D eigenvalue weighted by molar-refractivity contribution is 7.18. The zero-order chi connectivity index (χ0) is 19.5. The second-order valence-electron chi connectivity index (χ2n) is 7.24. The average molecular weight is 393 g/mol. The van der Waals surface area contributed by atoms with Gasteiger partial charge in [-0.1, -0.05) is 43.3 Å². The number of ketones is 1. The summed E-state index contributed by atoms with van der Waals surface area (Å²) in [6, 6.07) is 15.8. The van der Waals surface area contributed by atoms with Crippen LogP contribution in [0.25, 0.3) is 10.2 Å². The van der Waals surface area contributed by atoms with Crippen LogP contribution >= 0.6 is 11.3 Å². The van der Waals surface area contributed by atoms with Crippen molar-refractivity contribution in [2.75, 3.05) is 6.54 Å². The van der Waals surface area contributed by atoms with Crippen molar-refractivity contribution in [3.63, 3.8) is 0 Å². The van der Waals surface area contributed by atoms with E-state index in [1.807, 2.05) is 47.4 Å². The van der Waals surface area contributed by atoms with Crippen molar-refractivity contribution in [1.82, 2.24) is 9.88 Å². The molecule has 0 saturated carbocycles. The van der Waals surface area contributed by atoms with Gasteiger partial charge in [0.25, 0.3) is 0 Å². The summed E-state index contributed by atoms with van der Waals surface area (Å²) < 4.78 is 1.16. The van der Waals surface area contributed by atoms with Gasteiger partial charge in [-0.3, -0.25) is 9.59 Å². The van der Waals surface area contributed by atoms with E-state index in [0.717, 1.165) is 41.0 Å². The smallest absolute Gasteiger partial charge is 0.223 e. The first kappa shape index (κ1) is 18.8. The van der Waals surface area contributed by atoms with E-state index in [9.17, 15) is 9.59 Å². The molecule has 1 fully saturated rings. The Hall–Kier alpha value is -2.53. The normalized spacial score (nSPS) is 16.6. The number of rotatable bonds is 6. The maximum Gasteiger partial charge on any atom is 0.223 e. The van der Waals surface area contributed by atoms with E-state index in [1.165, 1.54) is 5.56 Å². The second-order valence-corrected chi connectivity index (χ2v) is 8.30. The third kappa shape index (κ3) is 3.85. The molecule has 0 N–H and O–H groups in total. The molecule has 1 aliphatic rings. The molecule has 0 aliphatic carbocycles. The molecule has 2 aromatic carbocycles. The minimum atomic E-state index is 0.0340. The highest BCUT2D eigenvalue weighted by atomic mass is 32.1. The monoisotopic (exact) mass is 392 g/mol. The first-order valence-electron chi connectivity index (χ1n) is 9.93. The highest BCUT2D eigenvalue weighted by Gasteiger charge is 2.32. The lowest BCUT2D eigenvalue weighted by Gasteiger charge is -2.23. The molecular formula is C23H24N2O2S. The van der Waals surface area contributed by atoms with Crippen LogP contribution in [0.1, 0.15) is 59.6 Å². The number of nitrogens with zero attached hydrogens (tertiary/aromatic N) is 2. The van der Waals surface area contributed by atoms with Gasteiger partial charge in [-0.15, -0.1) is 11.3 Å². The molecule has 1 amide bonds. The van der Waals surface area contributed by atoms with E-state index in [0.29, 0.717) is 5.56 Å². The molecule has 1 aliphatic heterocycles. The number of aryl methyl sites for hydroxylation is 1. The van der Waals surface area contributed by atoms with Crippen LogP contribution in [0.5, 0.6) is 0 Å². The van der Waals surface area contributed by atoms with Gasteiger partial charge in [-0.05, 0) is 37.0 Å². The summed E-state index contributed by atoms with van der Waals surface area (Å²) >= 11 is 1.67. The van der Waals surface area contributed by atoms with Crippen molar-refractivity contribution in [2.24, 2.45) is 0 Å². The Balaban J connectivity index is 1.41. The lowest BCUT2D eigenvalue weighted by Crippen LogP contribution is -2.30. The fraction of sp³-hybridized carbons (Fsp3) is 0.348. The van der Waals surface area contributed by atoms with Crippen molar-refractivity contribution < 1.29 is 9.59 Å². The van der Waals surface area contributed by atoms with E-state index in [-0.39, 0.29) is 30.6 Å². The molecule has 5 heteroatoms. The largest absolute Gasteiger partial charge is 0.333 e. The van der Waals surface area contributed by atoms with E-state index in [1.54, 1.807) is 11.3 Å². The first-order valence-corrected chi connectivity index (χ1v) is 10.7. The van der Waals surface area contributed by atoms with E-state index < -0.39 is 0 Å². The predicted octanol–water partition coefficient (Wildman–Crippen LogP) is 5.19. The SMILES string of the molecule is CCc1ccc(C(=O)CCC(=O)N2CCCC2c2nc3ccccc3s2)cc1. The zero-order valence-electron chi connectivity index (χ0n) is 16.1. The fourth-order valence-corrected chi connectivity index (χ4v) is 4.90. The van der Waals surface area contributed by atoms with Crippen molar-refractivity contribution in [3.8, 4) is 0 Å². The van der Waals surface area contributed by atoms with Crippen LogP contribution in [0.2, 0.25) is 0 Å². The number of aromatic nitrogens is 1. The second kappa shape index (κ2) is 8.23. The summed E-state index contributed by atoms with van der Waals surface area (Å²) in [6.45, 7) is 2.84. The topological polar surface area (TPSA) is 50.3 Å². The van der Waals surface area contributed by atoms with Gasteiger partial charge >= 0.3 is 0 Å². The van der Waals surface area contributed by atoms with Crippen molar-refractivity contribution in [3.05, 3.63) is 64.7 Å². The Bertz CT molecular complexity index is 960. The van der Waals surface area contributed by atoms with Gasteiger partial charge in [0.05, 0.1) is 16.3 Å². The summed E-state index contributed by atoms with van der Waals surface area (Å²) in [6.07, 6.45) is 3.40. The number of carbonyl (C=O) groups is 2. The van der Waals surface area contributed by atoms with Gasteiger partial charge < -0.3 is 4.90 Å².